The van der Waals surface area contributed by atoms with Crippen molar-refractivity contribution in [3.8, 4) is 5.75 Å². The lowest BCUT2D eigenvalue weighted by molar-refractivity contribution is -0.272. The Morgan fingerprint density at radius 1 is 1.22 bits per heavy atom. The maximum absolute atomic E-state index is 14.4. The van der Waals surface area contributed by atoms with Crippen LogP contribution in [0.2, 0.25) is 0 Å². The SMILES string of the molecule is COc1c([C@@H]2[C@@H](C(=O)Nc3ccnc(C(C)OC(C)=O)c3)O[C@](C)(C(F)(F)F)[C@@H]2C)ccc(F)c1F. The number of halogens is 5. The first-order valence-corrected chi connectivity index (χ1v) is 10.9. The Morgan fingerprint density at radius 2 is 1.89 bits per heavy atom. The fourth-order valence-electron chi connectivity index (χ4n) is 4.31. The number of carbonyl (C=O) groups excluding carboxylic acids is 2. The molecule has 2 aromatic rings. The maximum atomic E-state index is 14.4. The lowest BCUT2D eigenvalue weighted by atomic mass is 9.77. The van der Waals surface area contributed by atoms with Gasteiger partial charge in [-0.1, -0.05) is 13.0 Å². The molecular formula is C24H25F5N2O5. The number of anilines is 1. The van der Waals surface area contributed by atoms with Crippen molar-refractivity contribution >= 4 is 17.6 Å². The number of esters is 1. The van der Waals surface area contributed by atoms with Gasteiger partial charge in [0, 0.05) is 36.2 Å². The second kappa shape index (κ2) is 10.00. The molecule has 2 heterocycles. The van der Waals surface area contributed by atoms with Crippen molar-refractivity contribution in [3.05, 3.63) is 53.4 Å². The molecule has 36 heavy (non-hydrogen) atoms. The van der Waals surface area contributed by atoms with E-state index in [1.807, 2.05) is 0 Å². The number of hydrogen-bond donors (Lipinski definition) is 1. The molecule has 1 N–H and O–H groups in total. The van der Waals surface area contributed by atoms with Crippen LogP contribution < -0.4 is 10.1 Å². The minimum Gasteiger partial charge on any atom is -0.493 e. The van der Waals surface area contributed by atoms with Crippen LogP contribution in [0.3, 0.4) is 0 Å². The first-order chi connectivity index (χ1) is 16.7. The summed E-state index contributed by atoms with van der Waals surface area (Å²) in [6, 6.07) is 4.61. The minimum atomic E-state index is -4.88. The molecule has 0 aliphatic carbocycles. The number of rotatable bonds is 6. The summed E-state index contributed by atoms with van der Waals surface area (Å²) in [6.45, 7) is 4.79. The summed E-state index contributed by atoms with van der Waals surface area (Å²) in [4.78, 5) is 28.5. The van der Waals surface area contributed by atoms with Gasteiger partial charge in [0.15, 0.2) is 17.2 Å². The summed E-state index contributed by atoms with van der Waals surface area (Å²) in [5.41, 5.74) is -2.49. The average Bonchev–Trinajstić information content (AvgIpc) is 3.07. The highest BCUT2D eigenvalue weighted by Gasteiger charge is 2.65. The summed E-state index contributed by atoms with van der Waals surface area (Å²) < 4.78 is 85.8. The van der Waals surface area contributed by atoms with Gasteiger partial charge in [-0.15, -0.1) is 0 Å². The molecule has 0 spiro atoms. The summed E-state index contributed by atoms with van der Waals surface area (Å²) in [6.07, 6.45) is -6.06. The van der Waals surface area contributed by atoms with E-state index in [4.69, 9.17) is 14.2 Å². The van der Waals surface area contributed by atoms with Gasteiger partial charge < -0.3 is 19.5 Å². The zero-order valence-electron chi connectivity index (χ0n) is 20.1. The number of benzene rings is 1. The number of hydrogen-bond acceptors (Lipinski definition) is 6. The number of methoxy groups -OCH3 is 1. The Balaban J connectivity index is 2.01. The summed E-state index contributed by atoms with van der Waals surface area (Å²) in [5, 5.41) is 2.49. The second-order valence-corrected chi connectivity index (χ2v) is 8.65. The third kappa shape index (κ3) is 4.99. The molecule has 1 amide bonds. The van der Waals surface area contributed by atoms with Gasteiger partial charge in [-0.2, -0.15) is 17.6 Å². The third-order valence-corrected chi connectivity index (χ3v) is 6.38. The van der Waals surface area contributed by atoms with Crippen molar-refractivity contribution in [1.29, 1.82) is 0 Å². The van der Waals surface area contributed by atoms with E-state index in [0.717, 1.165) is 26.2 Å². The van der Waals surface area contributed by atoms with Crippen LogP contribution in [0, 0.1) is 17.6 Å². The fraction of sp³-hybridized carbons (Fsp3) is 0.458. The van der Waals surface area contributed by atoms with Crippen LogP contribution in [0.1, 0.15) is 51.0 Å². The van der Waals surface area contributed by atoms with Gasteiger partial charge in [0.2, 0.25) is 5.82 Å². The number of alkyl halides is 3. The smallest absolute Gasteiger partial charge is 0.417 e. The Morgan fingerprint density at radius 3 is 2.47 bits per heavy atom. The number of amides is 1. The van der Waals surface area contributed by atoms with Gasteiger partial charge in [-0.05, 0) is 32.0 Å². The number of aromatic nitrogens is 1. The van der Waals surface area contributed by atoms with Gasteiger partial charge in [0.05, 0.1) is 12.8 Å². The van der Waals surface area contributed by atoms with E-state index in [1.54, 1.807) is 6.92 Å². The van der Waals surface area contributed by atoms with Crippen molar-refractivity contribution in [1.82, 2.24) is 4.98 Å². The molecule has 0 radical (unpaired) electrons. The third-order valence-electron chi connectivity index (χ3n) is 6.38. The Bertz CT molecular complexity index is 1160. The molecule has 1 fully saturated rings. The molecule has 3 rings (SSSR count). The van der Waals surface area contributed by atoms with Crippen molar-refractivity contribution in [2.75, 3.05) is 12.4 Å². The molecule has 1 aliphatic heterocycles. The van der Waals surface area contributed by atoms with E-state index in [0.29, 0.717) is 0 Å². The second-order valence-electron chi connectivity index (χ2n) is 8.65. The van der Waals surface area contributed by atoms with Crippen molar-refractivity contribution in [2.45, 2.75) is 57.6 Å². The molecule has 1 unspecified atom stereocenters. The van der Waals surface area contributed by atoms with Crippen LogP contribution in [0.15, 0.2) is 30.5 Å². The molecule has 0 bridgehead atoms. The van der Waals surface area contributed by atoms with Crippen LogP contribution in [-0.4, -0.2) is 41.9 Å². The zero-order valence-corrected chi connectivity index (χ0v) is 20.1. The number of pyridine rings is 1. The molecule has 7 nitrogen and oxygen atoms in total. The van der Waals surface area contributed by atoms with E-state index >= 15 is 0 Å². The van der Waals surface area contributed by atoms with E-state index in [2.05, 4.69) is 10.3 Å². The summed E-state index contributed by atoms with van der Waals surface area (Å²) in [7, 11) is 1.04. The first-order valence-electron chi connectivity index (χ1n) is 10.9. The Kier molecular flexibility index (Phi) is 7.58. The highest BCUT2D eigenvalue weighted by Crippen LogP contribution is 2.55. The van der Waals surface area contributed by atoms with Gasteiger partial charge >= 0.3 is 12.1 Å². The lowest BCUT2D eigenvalue weighted by Gasteiger charge is -2.32. The van der Waals surface area contributed by atoms with E-state index in [-0.39, 0.29) is 16.9 Å². The van der Waals surface area contributed by atoms with Gasteiger partial charge in [0.1, 0.15) is 12.2 Å². The van der Waals surface area contributed by atoms with Crippen LogP contribution in [0.5, 0.6) is 5.75 Å². The summed E-state index contributed by atoms with van der Waals surface area (Å²) >= 11 is 0. The molecular weight excluding hydrogens is 491 g/mol. The van der Waals surface area contributed by atoms with E-state index in [9.17, 15) is 31.5 Å². The lowest BCUT2D eigenvalue weighted by Crippen LogP contribution is -2.47. The van der Waals surface area contributed by atoms with Crippen LogP contribution >= 0.6 is 0 Å². The van der Waals surface area contributed by atoms with Crippen LogP contribution in [0.25, 0.3) is 0 Å². The number of carbonyl (C=O) groups is 2. The molecule has 0 saturated carbocycles. The average molecular weight is 516 g/mol. The van der Waals surface area contributed by atoms with Crippen molar-refractivity contribution in [2.24, 2.45) is 5.92 Å². The molecule has 1 aromatic carbocycles. The predicted molar refractivity (Wildman–Crippen MR) is 117 cm³/mol. The zero-order chi connectivity index (χ0) is 27.0. The maximum Gasteiger partial charge on any atom is 0.417 e. The molecule has 196 valence electrons. The minimum absolute atomic E-state index is 0.143. The predicted octanol–water partition coefficient (Wildman–Crippen LogP) is 5.07. The fourth-order valence-corrected chi connectivity index (χ4v) is 4.31. The monoisotopic (exact) mass is 516 g/mol. The quantitative estimate of drug-likeness (QED) is 0.426. The van der Waals surface area contributed by atoms with Crippen LogP contribution in [-0.2, 0) is 19.1 Å². The highest BCUT2D eigenvalue weighted by molar-refractivity contribution is 5.95. The van der Waals surface area contributed by atoms with Gasteiger partial charge in [-0.25, -0.2) is 4.39 Å². The molecule has 5 atom stereocenters. The van der Waals surface area contributed by atoms with Crippen molar-refractivity contribution < 1.29 is 45.8 Å². The van der Waals surface area contributed by atoms with Gasteiger partial charge in [0.25, 0.3) is 5.91 Å². The topological polar surface area (TPSA) is 86.8 Å². The molecule has 1 aliphatic rings. The molecule has 1 aromatic heterocycles. The standard InChI is InChI=1S/C24H25F5N2O5/c1-11-18(15-6-7-16(25)19(26)20(15)34-5)21(36-23(11,4)24(27,28)29)22(33)31-14-8-9-30-17(10-14)12(2)35-13(3)32/h6-12,18,21H,1-5H3,(H,30,31,33)/t11-,12?,18-,21+,23+/m1/s1. The molecule has 1 saturated heterocycles. The number of ether oxygens (including phenoxy) is 3. The normalized spacial score (nSPS) is 24.8. The van der Waals surface area contributed by atoms with Crippen LogP contribution in [0.4, 0.5) is 27.6 Å². The van der Waals surface area contributed by atoms with E-state index in [1.165, 1.54) is 32.2 Å². The Labute approximate surface area is 203 Å². The largest absolute Gasteiger partial charge is 0.493 e. The highest BCUT2D eigenvalue weighted by atomic mass is 19.4. The number of nitrogens with zero attached hydrogens (tertiary/aromatic N) is 1. The molecule has 12 heteroatoms. The van der Waals surface area contributed by atoms with Gasteiger partial charge in [-0.3, -0.25) is 14.6 Å². The Hall–Kier alpha value is -3.28. The number of nitrogens with one attached hydrogen (secondary N) is 1. The summed E-state index contributed by atoms with van der Waals surface area (Å²) in [5.74, 6) is -7.49. The first kappa shape index (κ1) is 27.3. The van der Waals surface area contributed by atoms with Crippen molar-refractivity contribution in [3.63, 3.8) is 0 Å². The van der Waals surface area contributed by atoms with E-state index < -0.39 is 65.1 Å².